The zero-order chi connectivity index (χ0) is 9.47. The zero-order valence-corrected chi connectivity index (χ0v) is 8.51. The van der Waals surface area contributed by atoms with E-state index in [1.54, 1.807) is 0 Å². The van der Waals surface area contributed by atoms with Crippen molar-refractivity contribution < 1.29 is 0 Å². The van der Waals surface area contributed by atoms with Crippen LogP contribution in [0.3, 0.4) is 0 Å². The van der Waals surface area contributed by atoms with E-state index in [-0.39, 0.29) is 5.41 Å². The molecule has 2 rings (SSSR count). The summed E-state index contributed by atoms with van der Waals surface area (Å²) in [7, 11) is 0. The minimum Gasteiger partial charge on any atom is -0.330 e. The zero-order valence-electron chi connectivity index (χ0n) is 7.76. The highest BCUT2D eigenvalue weighted by Crippen LogP contribution is 2.54. The molecule has 0 saturated heterocycles. The summed E-state index contributed by atoms with van der Waals surface area (Å²) in [4.78, 5) is 0. The average Bonchev–Trinajstić information content (AvgIpc) is 2.79. The number of hydrogen-bond donors (Lipinski definition) is 1. The lowest BCUT2D eigenvalue weighted by molar-refractivity contribution is 0.666. The highest BCUT2D eigenvalue weighted by atomic mass is 35.5. The molecule has 1 aliphatic carbocycles. The summed E-state index contributed by atoms with van der Waals surface area (Å²) in [6.07, 6.45) is 1.17. The Balaban J connectivity index is 2.32. The van der Waals surface area contributed by atoms with Crippen molar-refractivity contribution in [3.05, 3.63) is 34.9 Å². The number of hydrogen-bond acceptors (Lipinski definition) is 1. The van der Waals surface area contributed by atoms with Gasteiger partial charge in [-0.15, -0.1) is 0 Å². The Morgan fingerprint density at radius 2 is 2.23 bits per heavy atom. The molecule has 2 atom stereocenters. The van der Waals surface area contributed by atoms with Crippen LogP contribution in [0.2, 0.25) is 5.02 Å². The number of rotatable bonds is 2. The lowest BCUT2D eigenvalue weighted by Crippen LogP contribution is -2.12. The number of halogens is 1. The Hall–Kier alpha value is -0.530. The van der Waals surface area contributed by atoms with E-state index in [4.69, 9.17) is 17.3 Å². The maximum Gasteiger partial charge on any atom is 0.0443 e. The SMILES string of the molecule is C[C@@]1(c2ccccc2Cl)C[C@@H]1CN. The lowest BCUT2D eigenvalue weighted by atomic mass is 9.95. The van der Waals surface area contributed by atoms with Gasteiger partial charge in [-0.1, -0.05) is 36.7 Å². The van der Waals surface area contributed by atoms with Gasteiger partial charge in [0.25, 0.3) is 0 Å². The third-order valence-corrected chi connectivity index (χ3v) is 3.51. The molecule has 1 saturated carbocycles. The number of nitrogens with two attached hydrogens (primary N) is 1. The third kappa shape index (κ3) is 1.36. The summed E-state index contributed by atoms with van der Waals surface area (Å²) in [5.41, 5.74) is 7.15. The van der Waals surface area contributed by atoms with Crippen molar-refractivity contribution in [2.24, 2.45) is 11.7 Å². The summed E-state index contributed by atoms with van der Waals surface area (Å²) in [6, 6.07) is 8.07. The van der Waals surface area contributed by atoms with Gasteiger partial charge in [-0.3, -0.25) is 0 Å². The van der Waals surface area contributed by atoms with Crippen LogP contribution in [-0.4, -0.2) is 6.54 Å². The van der Waals surface area contributed by atoms with Gasteiger partial charge in [-0.05, 0) is 35.9 Å². The highest BCUT2D eigenvalue weighted by molar-refractivity contribution is 6.31. The molecule has 13 heavy (non-hydrogen) atoms. The van der Waals surface area contributed by atoms with Crippen molar-refractivity contribution in [3.63, 3.8) is 0 Å². The molecular weight excluding hydrogens is 182 g/mol. The minimum atomic E-state index is 0.243. The molecule has 1 fully saturated rings. The fourth-order valence-electron chi connectivity index (χ4n) is 2.05. The summed E-state index contributed by atoms with van der Waals surface area (Å²) in [5, 5.41) is 0.876. The fraction of sp³-hybridized carbons (Fsp3) is 0.455. The van der Waals surface area contributed by atoms with Crippen LogP contribution in [0.4, 0.5) is 0 Å². The summed E-state index contributed by atoms with van der Waals surface area (Å²) in [6.45, 7) is 3.01. The van der Waals surface area contributed by atoms with Gasteiger partial charge in [0.1, 0.15) is 0 Å². The molecule has 0 aromatic heterocycles. The van der Waals surface area contributed by atoms with Gasteiger partial charge in [0, 0.05) is 5.02 Å². The Bertz CT molecular complexity index is 324. The molecule has 0 aliphatic heterocycles. The molecule has 2 N–H and O–H groups in total. The monoisotopic (exact) mass is 195 g/mol. The van der Waals surface area contributed by atoms with Crippen LogP contribution in [0.25, 0.3) is 0 Å². The Morgan fingerprint density at radius 1 is 1.54 bits per heavy atom. The lowest BCUT2D eigenvalue weighted by Gasteiger charge is -2.12. The van der Waals surface area contributed by atoms with Crippen molar-refractivity contribution in [2.45, 2.75) is 18.8 Å². The van der Waals surface area contributed by atoms with Crippen LogP contribution >= 0.6 is 11.6 Å². The molecule has 0 radical (unpaired) electrons. The van der Waals surface area contributed by atoms with Crippen molar-refractivity contribution >= 4 is 11.6 Å². The molecule has 0 heterocycles. The Morgan fingerprint density at radius 3 is 2.77 bits per heavy atom. The Kier molecular flexibility index (Phi) is 2.09. The summed E-state index contributed by atoms with van der Waals surface area (Å²) < 4.78 is 0. The highest BCUT2D eigenvalue weighted by Gasteiger charge is 2.50. The van der Waals surface area contributed by atoms with E-state index in [1.165, 1.54) is 12.0 Å². The molecule has 0 amide bonds. The van der Waals surface area contributed by atoms with E-state index in [2.05, 4.69) is 13.0 Å². The molecule has 1 nitrogen and oxygen atoms in total. The van der Waals surface area contributed by atoms with E-state index in [1.807, 2.05) is 18.2 Å². The van der Waals surface area contributed by atoms with Crippen LogP contribution in [0.1, 0.15) is 18.9 Å². The van der Waals surface area contributed by atoms with Crippen LogP contribution in [0.15, 0.2) is 24.3 Å². The van der Waals surface area contributed by atoms with Crippen molar-refractivity contribution in [3.8, 4) is 0 Å². The van der Waals surface area contributed by atoms with Crippen LogP contribution in [-0.2, 0) is 5.41 Å². The number of benzene rings is 1. The quantitative estimate of drug-likeness (QED) is 0.772. The minimum absolute atomic E-state index is 0.243. The fourth-order valence-corrected chi connectivity index (χ4v) is 2.40. The molecule has 0 spiro atoms. The normalized spacial score (nSPS) is 31.8. The molecule has 1 aliphatic rings. The van der Waals surface area contributed by atoms with Crippen LogP contribution in [0, 0.1) is 5.92 Å². The standard InChI is InChI=1S/C11H14ClN/c1-11(6-8(11)7-13)9-4-2-3-5-10(9)12/h2-5,8H,6-7,13H2,1H3/t8-,11-/m1/s1. The molecule has 0 bridgehead atoms. The van der Waals surface area contributed by atoms with Crippen LogP contribution < -0.4 is 5.73 Å². The van der Waals surface area contributed by atoms with Gasteiger partial charge >= 0.3 is 0 Å². The van der Waals surface area contributed by atoms with E-state index in [9.17, 15) is 0 Å². The second-order valence-corrected chi connectivity index (χ2v) is 4.44. The second-order valence-electron chi connectivity index (χ2n) is 4.03. The van der Waals surface area contributed by atoms with E-state index >= 15 is 0 Å². The Labute approximate surface area is 83.9 Å². The van der Waals surface area contributed by atoms with Crippen molar-refractivity contribution in [1.82, 2.24) is 0 Å². The first-order valence-electron chi connectivity index (χ1n) is 4.63. The maximum atomic E-state index is 6.13. The van der Waals surface area contributed by atoms with Gasteiger partial charge in [-0.25, -0.2) is 0 Å². The van der Waals surface area contributed by atoms with E-state index in [0.29, 0.717) is 5.92 Å². The van der Waals surface area contributed by atoms with Gasteiger partial charge in [-0.2, -0.15) is 0 Å². The molecule has 70 valence electrons. The molecule has 0 unspecified atom stereocenters. The van der Waals surface area contributed by atoms with Gasteiger partial charge in [0.2, 0.25) is 0 Å². The maximum absolute atomic E-state index is 6.13. The largest absolute Gasteiger partial charge is 0.330 e. The van der Waals surface area contributed by atoms with Gasteiger partial charge < -0.3 is 5.73 Å². The first-order chi connectivity index (χ1) is 6.18. The first-order valence-corrected chi connectivity index (χ1v) is 5.01. The first kappa shape index (κ1) is 9.04. The van der Waals surface area contributed by atoms with Crippen LogP contribution in [0.5, 0.6) is 0 Å². The van der Waals surface area contributed by atoms with Crippen molar-refractivity contribution in [2.75, 3.05) is 6.54 Å². The summed E-state index contributed by atoms with van der Waals surface area (Å²) >= 11 is 6.13. The topological polar surface area (TPSA) is 26.0 Å². The van der Waals surface area contributed by atoms with Crippen molar-refractivity contribution in [1.29, 1.82) is 0 Å². The van der Waals surface area contributed by atoms with E-state index < -0.39 is 0 Å². The van der Waals surface area contributed by atoms with Gasteiger partial charge in [0.05, 0.1) is 0 Å². The smallest absolute Gasteiger partial charge is 0.0443 e. The summed E-state index contributed by atoms with van der Waals surface area (Å²) in [5.74, 6) is 0.618. The molecule has 1 aromatic rings. The van der Waals surface area contributed by atoms with E-state index in [0.717, 1.165) is 11.6 Å². The molecule has 2 heteroatoms. The second kappa shape index (κ2) is 3.00. The molecule has 1 aromatic carbocycles. The van der Waals surface area contributed by atoms with Gasteiger partial charge in [0.15, 0.2) is 0 Å². The molecular formula is C11H14ClN. The predicted octanol–water partition coefficient (Wildman–Crippen LogP) is 2.58. The third-order valence-electron chi connectivity index (χ3n) is 3.19. The predicted molar refractivity (Wildman–Crippen MR) is 56.0 cm³/mol. The average molecular weight is 196 g/mol.